The highest BCUT2D eigenvalue weighted by Crippen LogP contribution is 2.36. The SMILES string of the molecule is N#Cc1cccnc1C1(O)CC2COCC(C1)N2. The van der Waals surface area contributed by atoms with Gasteiger partial charge in [0.25, 0.3) is 0 Å². The van der Waals surface area contributed by atoms with E-state index in [0.29, 0.717) is 37.3 Å². The van der Waals surface area contributed by atoms with Crippen LogP contribution in [0.15, 0.2) is 18.3 Å². The van der Waals surface area contributed by atoms with E-state index in [1.165, 1.54) is 0 Å². The predicted octanol–water partition coefficient (Wildman–Crippen LogP) is 0.292. The quantitative estimate of drug-likeness (QED) is 0.743. The molecule has 0 radical (unpaired) electrons. The molecule has 2 N–H and O–H groups in total. The smallest absolute Gasteiger partial charge is 0.111 e. The highest BCUT2D eigenvalue weighted by atomic mass is 16.5. The molecule has 0 aliphatic carbocycles. The summed E-state index contributed by atoms with van der Waals surface area (Å²) in [6, 6.07) is 5.80. The van der Waals surface area contributed by atoms with E-state index < -0.39 is 5.60 Å². The number of aliphatic hydroxyl groups is 1. The lowest BCUT2D eigenvalue weighted by atomic mass is 9.79. The van der Waals surface area contributed by atoms with Crippen LogP contribution in [-0.4, -0.2) is 35.4 Å². The Morgan fingerprint density at radius 2 is 2.17 bits per heavy atom. The standard InChI is InChI=1S/C13H15N3O2/c14-6-9-2-1-3-15-12(9)13(17)4-10-7-18-8-11(5-13)16-10/h1-3,10-11,16-17H,4-5,7-8H2. The van der Waals surface area contributed by atoms with Crippen molar-refractivity contribution in [3.05, 3.63) is 29.6 Å². The van der Waals surface area contributed by atoms with E-state index in [-0.39, 0.29) is 12.1 Å². The monoisotopic (exact) mass is 245 g/mol. The Balaban J connectivity index is 1.97. The van der Waals surface area contributed by atoms with Gasteiger partial charge in [0.05, 0.1) is 24.5 Å². The van der Waals surface area contributed by atoms with Crippen LogP contribution < -0.4 is 5.32 Å². The second-order valence-corrected chi connectivity index (χ2v) is 5.05. The van der Waals surface area contributed by atoms with E-state index >= 15 is 0 Å². The Kier molecular flexibility index (Phi) is 2.78. The van der Waals surface area contributed by atoms with Crippen LogP contribution in [0.3, 0.4) is 0 Å². The van der Waals surface area contributed by atoms with Gasteiger partial charge in [-0.05, 0) is 25.0 Å². The molecule has 0 amide bonds. The Labute approximate surface area is 105 Å². The van der Waals surface area contributed by atoms with Gasteiger partial charge in [-0.2, -0.15) is 5.26 Å². The molecule has 2 aliphatic heterocycles. The lowest BCUT2D eigenvalue weighted by molar-refractivity contribution is -0.0825. The summed E-state index contributed by atoms with van der Waals surface area (Å²) in [6.07, 6.45) is 2.70. The summed E-state index contributed by atoms with van der Waals surface area (Å²) in [7, 11) is 0. The topological polar surface area (TPSA) is 78.2 Å². The number of hydrogen-bond donors (Lipinski definition) is 2. The molecule has 2 atom stereocenters. The molecule has 2 saturated heterocycles. The van der Waals surface area contributed by atoms with Crippen LogP contribution in [0.1, 0.15) is 24.1 Å². The predicted molar refractivity (Wildman–Crippen MR) is 63.6 cm³/mol. The zero-order valence-corrected chi connectivity index (χ0v) is 9.97. The fourth-order valence-electron chi connectivity index (χ4n) is 2.98. The first-order valence-electron chi connectivity index (χ1n) is 6.13. The Morgan fingerprint density at radius 3 is 2.83 bits per heavy atom. The molecule has 94 valence electrons. The zero-order valence-electron chi connectivity index (χ0n) is 9.97. The number of nitrogens with zero attached hydrogens (tertiary/aromatic N) is 2. The number of ether oxygens (including phenoxy) is 1. The van der Waals surface area contributed by atoms with Crippen molar-refractivity contribution in [3.8, 4) is 6.07 Å². The van der Waals surface area contributed by atoms with Crippen molar-refractivity contribution in [2.75, 3.05) is 13.2 Å². The zero-order chi connectivity index (χ0) is 12.6. The van der Waals surface area contributed by atoms with Crippen LogP contribution in [0.2, 0.25) is 0 Å². The Morgan fingerprint density at radius 1 is 1.44 bits per heavy atom. The minimum absolute atomic E-state index is 0.135. The number of nitrogens with one attached hydrogen (secondary N) is 1. The molecule has 3 heterocycles. The molecule has 0 saturated carbocycles. The van der Waals surface area contributed by atoms with Crippen LogP contribution in [0, 0.1) is 11.3 Å². The van der Waals surface area contributed by atoms with Gasteiger partial charge in [-0.3, -0.25) is 4.98 Å². The first-order valence-corrected chi connectivity index (χ1v) is 6.13. The minimum Gasteiger partial charge on any atom is -0.383 e. The van der Waals surface area contributed by atoms with Crippen LogP contribution in [0.25, 0.3) is 0 Å². The Bertz CT molecular complexity index is 485. The molecular formula is C13H15N3O2. The number of hydrogen-bond acceptors (Lipinski definition) is 5. The van der Waals surface area contributed by atoms with E-state index in [1.807, 2.05) is 0 Å². The largest absolute Gasteiger partial charge is 0.383 e. The van der Waals surface area contributed by atoms with Gasteiger partial charge in [0.2, 0.25) is 0 Å². The third-order valence-electron chi connectivity index (χ3n) is 3.65. The van der Waals surface area contributed by atoms with Crippen LogP contribution >= 0.6 is 0 Å². The molecular weight excluding hydrogens is 230 g/mol. The number of nitriles is 1. The first-order chi connectivity index (χ1) is 8.71. The number of pyridine rings is 1. The Hall–Kier alpha value is -1.48. The maximum absolute atomic E-state index is 10.9. The fraction of sp³-hybridized carbons (Fsp3) is 0.538. The summed E-state index contributed by atoms with van der Waals surface area (Å²) < 4.78 is 5.46. The molecule has 0 aromatic carbocycles. The molecule has 2 fully saturated rings. The van der Waals surface area contributed by atoms with Gasteiger partial charge in [0, 0.05) is 18.3 Å². The summed E-state index contributed by atoms with van der Waals surface area (Å²) in [5.41, 5.74) is -0.0526. The molecule has 3 rings (SSSR count). The molecule has 1 aromatic rings. The number of piperidine rings is 1. The highest BCUT2D eigenvalue weighted by Gasteiger charge is 2.44. The van der Waals surface area contributed by atoms with Crippen molar-refractivity contribution < 1.29 is 9.84 Å². The second-order valence-electron chi connectivity index (χ2n) is 5.05. The normalized spacial score (nSPS) is 34.9. The summed E-state index contributed by atoms with van der Waals surface area (Å²) in [4.78, 5) is 4.23. The van der Waals surface area contributed by atoms with Gasteiger partial charge < -0.3 is 15.2 Å². The number of morpholine rings is 1. The molecule has 1 aromatic heterocycles. The van der Waals surface area contributed by atoms with E-state index in [2.05, 4.69) is 16.4 Å². The summed E-state index contributed by atoms with van der Waals surface area (Å²) >= 11 is 0. The molecule has 2 bridgehead atoms. The number of fused-ring (bicyclic) bond motifs is 2. The lowest BCUT2D eigenvalue weighted by Crippen LogP contribution is -2.59. The van der Waals surface area contributed by atoms with E-state index in [0.717, 1.165) is 0 Å². The molecule has 5 nitrogen and oxygen atoms in total. The maximum Gasteiger partial charge on any atom is 0.111 e. The summed E-state index contributed by atoms with van der Waals surface area (Å²) in [6.45, 7) is 1.21. The lowest BCUT2D eigenvalue weighted by Gasteiger charge is -2.44. The first kappa shape index (κ1) is 11.6. The van der Waals surface area contributed by atoms with Crippen LogP contribution in [0.5, 0.6) is 0 Å². The van der Waals surface area contributed by atoms with Crippen molar-refractivity contribution in [2.24, 2.45) is 0 Å². The van der Waals surface area contributed by atoms with Gasteiger partial charge in [-0.15, -0.1) is 0 Å². The average Bonchev–Trinajstić information content (AvgIpc) is 2.38. The minimum atomic E-state index is -1.02. The molecule has 18 heavy (non-hydrogen) atoms. The maximum atomic E-state index is 10.9. The van der Waals surface area contributed by atoms with Crippen molar-refractivity contribution in [3.63, 3.8) is 0 Å². The second kappa shape index (κ2) is 4.32. The van der Waals surface area contributed by atoms with Gasteiger partial charge >= 0.3 is 0 Å². The third kappa shape index (κ3) is 1.89. The van der Waals surface area contributed by atoms with Crippen molar-refractivity contribution in [1.82, 2.24) is 10.3 Å². The van der Waals surface area contributed by atoms with Crippen molar-refractivity contribution in [1.29, 1.82) is 5.26 Å². The number of rotatable bonds is 1. The van der Waals surface area contributed by atoms with Gasteiger partial charge in [-0.1, -0.05) is 0 Å². The van der Waals surface area contributed by atoms with Crippen molar-refractivity contribution in [2.45, 2.75) is 30.5 Å². The molecule has 0 spiro atoms. The highest BCUT2D eigenvalue weighted by molar-refractivity contribution is 5.36. The van der Waals surface area contributed by atoms with E-state index in [1.54, 1.807) is 18.3 Å². The number of aromatic nitrogens is 1. The average molecular weight is 245 g/mol. The van der Waals surface area contributed by atoms with Gasteiger partial charge in [-0.25, -0.2) is 0 Å². The molecule has 2 aliphatic rings. The van der Waals surface area contributed by atoms with Crippen molar-refractivity contribution >= 4 is 0 Å². The summed E-state index contributed by atoms with van der Waals surface area (Å²) in [5, 5.41) is 23.4. The van der Waals surface area contributed by atoms with Gasteiger partial charge in [0.15, 0.2) is 0 Å². The summed E-state index contributed by atoms with van der Waals surface area (Å²) in [5.74, 6) is 0. The van der Waals surface area contributed by atoms with Crippen LogP contribution in [-0.2, 0) is 10.3 Å². The van der Waals surface area contributed by atoms with E-state index in [9.17, 15) is 5.11 Å². The van der Waals surface area contributed by atoms with Gasteiger partial charge in [0.1, 0.15) is 11.7 Å². The third-order valence-corrected chi connectivity index (χ3v) is 3.65. The molecule has 5 heteroatoms. The van der Waals surface area contributed by atoms with E-state index in [4.69, 9.17) is 10.00 Å². The fourth-order valence-corrected chi connectivity index (χ4v) is 2.98. The molecule has 2 unspecified atom stereocenters. The van der Waals surface area contributed by atoms with Crippen LogP contribution in [0.4, 0.5) is 0 Å².